The number of anilines is 1. The van der Waals surface area contributed by atoms with Crippen LogP contribution in [0.25, 0.3) is 0 Å². The van der Waals surface area contributed by atoms with Crippen molar-refractivity contribution in [2.75, 3.05) is 25.2 Å². The van der Waals surface area contributed by atoms with Crippen molar-refractivity contribution in [3.8, 4) is 0 Å². The van der Waals surface area contributed by atoms with E-state index in [4.69, 9.17) is 9.84 Å². The minimum Gasteiger partial charge on any atom is -0.478 e. The number of aromatic carboxylic acids is 1. The van der Waals surface area contributed by atoms with Crippen LogP contribution >= 0.6 is 0 Å². The first-order valence-electron chi connectivity index (χ1n) is 6.41. The number of carboxylic acid groups (broad SMARTS) is 1. The Bertz CT molecular complexity index is 476. The van der Waals surface area contributed by atoms with E-state index in [1.54, 1.807) is 18.2 Å². The van der Waals surface area contributed by atoms with Gasteiger partial charge in [0, 0.05) is 13.7 Å². The molecule has 6 nitrogen and oxygen atoms in total. The molecule has 0 aromatic heterocycles. The van der Waals surface area contributed by atoms with Crippen LogP contribution in [-0.2, 0) is 4.74 Å². The van der Waals surface area contributed by atoms with E-state index in [1.807, 2.05) is 13.8 Å². The van der Waals surface area contributed by atoms with Gasteiger partial charge in [-0.15, -0.1) is 0 Å². The number of carboxylic acids is 1. The Labute approximate surface area is 118 Å². The highest BCUT2D eigenvalue weighted by molar-refractivity contribution is 6.01. The minimum atomic E-state index is -1.07. The first kappa shape index (κ1) is 16.0. The number of benzene rings is 1. The molecule has 1 aromatic rings. The summed E-state index contributed by atoms with van der Waals surface area (Å²) in [7, 11) is 1.53. The summed E-state index contributed by atoms with van der Waals surface area (Å²) in [5, 5.41) is 11.9. The summed E-state index contributed by atoms with van der Waals surface area (Å²) in [6, 6.07) is 5.85. The van der Waals surface area contributed by atoms with Gasteiger partial charge in [-0.05, 0) is 26.0 Å². The molecule has 0 spiro atoms. The standard InChI is InChI=1S/C14H20N2O4/c1-4-20-9-10(2)15-14(19)16(3)12-8-6-5-7-11(12)13(17)18/h5-8,10H,4,9H2,1-3H3,(H,15,19)(H,17,18). The Balaban J connectivity index is 2.77. The first-order chi connectivity index (χ1) is 9.47. The molecule has 0 heterocycles. The van der Waals surface area contributed by atoms with E-state index < -0.39 is 5.97 Å². The van der Waals surface area contributed by atoms with Crippen LogP contribution in [0.2, 0.25) is 0 Å². The number of hydrogen-bond donors (Lipinski definition) is 2. The molecule has 1 rings (SSSR count). The predicted molar refractivity (Wildman–Crippen MR) is 76.3 cm³/mol. The molecule has 0 aliphatic carbocycles. The lowest BCUT2D eigenvalue weighted by molar-refractivity contribution is 0.0697. The van der Waals surface area contributed by atoms with Crippen molar-refractivity contribution in [1.29, 1.82) is 0 Å². The molecular formula is C14H20N2O4. The fourth-order valence-electron chi connectivity index (χ4n) is 1.70. The van der Waals surface area contributed by atoms with Gasteiger partial charge in [-0.2, -0.15) is 0 Å². The van der Waals surface area contributed by atoms with Crippen LogP contribution in [0, 0.1) is 0 Å². The molecule has 20 heavy (non-hydrogen) atoms. The van der Waals surface area contributed by atoms with Gasteiger partial charge in [0.15, 0.2) is 0 Å². The van der Waals surface area contributed by atoms with Crippen molar-refractivity contribution in [2.45, 2.75) is 19.9 Å². The zero-order valence-electron chi connectivity index (χ0n) is 11.9. The van der Waals surface area contributed by atoms with Gasteiger partial charge in [0.25, 0.3) is 0 Å². The Morgan fingerprint density at radius 1 is 1.40 bits per heavy atom. The molecule has 2 N–H and O–H groups in total. The lowest BCUT2D eigenvalue weighted by atomic mass is 10.1. The predicted octanol–water partition coefficient (Wildman–Crippen LogP) is 1.96. The number of para-hydroxylation sites is 1. The summed E-state index contributed by atoms with van der Waals surface area (Å²) >= 11 is 0. The summed E-state index contributed by atoms with van der Waals surface area (Å²) in [6.45, 7) is 4.70. The molecule has 0 radical (unpaired) electrons. The summed E-state index contributed by atoms with van der Waals surface area (Å²) in [5.74, 6) is -1.07. The fraction of sp³-hybridized carbons (Fsp3) is 0.429. The minimum absolute atomic E-state index is 0.0858. The number of urea groups is 1. The zero-order valence-corrected chi connectivity index (χ0v) is 11.9. The highest BCUT2D eigenvalue weighted by Crippen LogP contribution is 2.19. The normalized spacial score (nSPS) is 11.8. The molecule has 0 aliphatic rings. The van der Waals surface area contributed by atoms with Gasteiger partial charge < -0.3 is 15.2 Å². The third-order valence-corrected chi connectivity index (χ3v) is 2.74. The number of hydrogen-bond acceptors (Lipinski definition) is 3. The molecule has 0 bridgehead atoms. The third-order valence-electron chi connectivity index (χ3n) is 2.74. The first-order valence-corrected chi connectivity index (χ1v) is 6.41. The highest BCUT2D eigenvalue weighted by atomic mass is 16.5. The number of nitrogens with zero attached hydrogens (tertiary/aromatic N) is 1. The lowest BCUT2D eigenvalue weighted by Crippen LogP contribution is -2.44. The number of nitrogens with one attached hydrogen (secondary N) is 1. The van der Waals surface area contributed by atoms with Crippen molar-refractivity contribution >= 4 is 17.7 Å². The van der Waals surface area contributed by atoms with Crippen molar-refractivity contribution in [3.05, 3.63) is 29.8 Å². The van der Waals surface area contributed by atoms with Crippen molar-refractivity contribution in [1.82, 2.24) is 5.32 Å². The number of amides is 2. The molecular weight excluding hydrogens is 260 g/mol. The van der Waals surface area contributed by atoms with Crippen molar-refractivity contribution in [2.24, 2.45) is 0 Å². The van der Waals surface area contributed by atoms with E-state index in [1.165, 1.54) is 18.0 Å². The number of carbonyl (C=O) groups is 2. The van der Waals surface area contributed by atoms with E-state index in [0.717, 1.165) is 0 Å². The maximum absolute atomic E-state index is 12.1. The quantitative estimate of drug-likeness (QED) is 0.835. The highest BCUT2D eigenvalue weighted by Gasteiger charge is 2.18. The molecule has 6 heteroatoms. The van der Waals surface area contributed by atoms with Gasteiger partial charge in [0.1, 0.15) is 0 Å². The third kappa shape index (κ3) is 4.24. The molecule has 1 unspecified atom stereocenters. The van der Waals surface area contributed by atoms with E-state index in [9.17, 15) is 9.59 Å². The second-order valence-electron chi connectivity index (χ2n) is 4.39. The molecule has 0 aliphatic heterocycles. The van der Waals surface area contributed by atoms with E-state index in [0.29, 0.717) is 18.9 Å². The van der Waals surface area contributed by atoms with Crippen molar-refractivity contribution in [3.63, 3.8) is 0 Å². The lowest BCUT2D eigenvalue weighted by Gasteiger charge is -2.22. The van der Waals surface area contributed by atoms with Gasteiger partial charge in [-0.1, -0.05) is 12.1 Å². The average Bonchev–Trinajstić information content (AvgIpc) is 2.44. The Morgan fingerprint density at radius 2 is 2.05 bits per heavy atom. The molecule has 0 saturated heterocycles. The monoisotopic (exact) mass is 280 g/mol. The van der Waals surface area contributed by atoms with Crippen LogP contribution in [0.15, 0.2) is 24.3 Å². The smallest absolute Gasteiger partial charge is 0.337 e. The molecule has 1 atom stereocenters. The van der Waals surface area contributed by atoms with Crippen LogP contribution in [0.5, 0.6) is 0 Å². The summed E-state index contributed by atoms with van der Waals surface area (Å²) in [4.78, 5) is 24.5. The van der Waals surface area contributed by atoms with E-state index in [2.05, 4.69) is 5.32 Å². The second kappa shape index (κ2) is 7.49. The van der Waals surface area contributed by atoms with Crippen LogP contribution < -0.4 is 10.2 Å². The summed E-state index contributed by atoms with van der Waals surface area (Å²) in [6.07, 6.45) is 0. The van der Waals surface area contributed by atoms with E-state index in [-0.39, 0.29) is 17.6 Å². The Hall–Kier alpha value is -2.08. The van der Waals surface area contributed by atoms with Gasteiger partial charge in [0.2, 0.25) is 0 Å². The molecule has 1 aromatic carbocycles. The molecule has 2 amide bonds. The summed E-state index contributed by atoms with van der Waals surface area (Å²) in [5.41, 5.74) is 0.434. The van der Waals surface area contributed by atoms with Crippen LogP contribution in [-0.4, -0.2) is 43.4 Å². The Morgan fingerprint density at radius 3 is 2.65 bits per heavy atom. The van der Waals surface area contributed by atoms with Crippen molar-refractivity contribution < 1.29 is 19.4 Å². The molecule has 110 valence electrons. The molecule has 0 saturated carbocycles. The van der Waals surface area contributed by atoms with Gasteiger partial charge in [0.05, 0.1) is 23.9 Å². The second-order valence-corrected chi connectivity index (χ2v) is 4.39. The zero-order chi connectivity index (χ0) is 15.1. The van der Waals surface area contributed by atoms with Crippen LogP contribution in [0.3, 0.4) is 0 Å². The maximum Gasteiger partial charge on any atom is 0.337 e. The van der Waals surface area contributed by atoms with Crippen LogP contribution in [0.1, 0.15) is 24.2 Å². The maximum atomic E-state index is 12.1. The fourth-order valence-corrected chi connectivity index (χ4v) is 1.70. The summed E-state index contributed by atoms with van der Waals surface area (Å²) < 4.78 is 5.22. The molecule has 0 fully saturated rings. The number of carbonyl (C=O) groups excluding carboxylic acids is 1. The van der Waals surface area contributed by atoms with Gasteiger partial charge >= 0.3 is 12.0 Å². The topological polar surface area (TPSA) is 78.9 Å². The average molecular weight is 280 g/mol. The number of ether oxygens (including phenoxy) is 1. The van der Waals surface area contributed by atoms with Crippen LogP contribution in [0.4, 0.5) is 10.5 Å². The Kier molecular flexibility index (Phi) is 5.99. The SMILES string of the molecule is CCOCC(C)NC(=O)N(C)c1ccccc1C(=O)O. The van der Waals surface area contributed by atoms with E-state index >= 15 is 0 Å². The van der Waals surface area contributed by atoms with Gasteiger partial charge in [-0.3, -0.25) is 4.90 Å². The number of rotatable bonds is 6. The van der Waals surface area contributed by atoms with Gasteiger partial charge in [-0.25, -0.2) is 9.59 Å². The largest absolute Gasteiger partial charge is 0.478 e.